The second-order valence-electron chi connectivity index (χ2n) is 4.80. The first kappa shape index (κ1) is 13.3. The third-order valence-electron chi connectivity index (χ3n) is 3.36. The standard InChI is InChI=1S/C16H16BrN3/c1-18-9-13-4-2-3-12-7-8-20(16(12)13)11-15-6-5-14(17)10-19-15/h2-8,10,18H,9,11H2,1H3. The van der Waals surface area contributed by atoms with Crippen LogP contribution in [-0.4, -0.2) is 16.6 Å². The topological polar surface area (TPSA) is 29.9 Å². The molecule has 0 aliphatic carbocycles. The fourth-order valence-corrected chi connectivity index (χ4v) is 2.71. The SMILES string of the molecule is CNCc1cccc2ccn(Cc3ccc(Br)cn3)c12. The van der Waals surface area contributed by atoms with Crippen LogP contribution in [0.25, 0.3) is 10.9 Å². The molecule has 3 aromatic rings. The van der Waals surface area contributed by atoms with Crippen LogP contribution in [0.1, 0.15) is 11.3 Å². The van der Waals surface area contributed by atoms with E-state index >= 15 is 0 Å². The summed E-state index contributed by atoms with van der Waals surface area (Å²) in [5.74, 6) is 0. The highest BCUT2D eigenvalue weighted by Crippen LogP contribution is 2.21. The zero-order valence-corrected chi connectivity index (χ0v) is 12.9. The number of halogens is 1. The van der Waals surface area contributed by atoms with Gasteiger partial charge in [0, 0.05) is 23.4 Å². The summed E-state index contributed by atoms with van der Waals surface area (Å²) in [6.45, 7) is 1.66. The Morgan fingerprint density at radius 3 is 2.85 bits per heavy atom. The van der Waals surface area contributed by atoms with Crippen molar-refractivity contribution >= 4 is 26.8 Å². The quantitative estimate of drug-likeness (QED) is 0.793. The van der Waals surface area contributed by atoms with Crippen LogP contribution in [-0.2, 0) is 13.1 Å². The van der Waals surface area contributed by atoms with Crippen molar-refractivity contribution in [1.82, 2.24) is 14.9 Å². The first-order chi connectivity index (χ1) is 9.78. The highest BCUT2D eigenvalue weighted by Gasteiger charge is 2.07. The molecule has 0 aliphatic heterocycles. The van der Waals surface area contributed by atoms with Gasteiger partial charge in [0.25, 0.3) is 0 Å². The minimum absolute atomic E-state index is 0.789. The Bertz CT molecular complexity index is 716. The van der Waals surface area contributed by atoms with Crippen molar-refractivity contribution in [1.29, 1.82) is 0 Å². The third-order valence-corrected chi connectivity index (χ3v) is 3.83. The number of nitrogens with zero attached hydrogens (tertiary/aromatic N) is 2. The van der Waals surface area contributed by atoms with Gasteiger partial charge in [-0.05, 0) is 52.1 Å². The van der Waals surface area contributed by atoms with Gasteiger partial charge in [-0.1, -0.05) is 18.2 Å². The van der Waals surface area contributed by atoms with E-state index in [0.717, 1.165) is 23.3 Å². The second-order valence-corrected chi connectivity index (χ2v) is 5.71. The van der Waals surface area contributed by atoms with Gasteiger partial charge >= 0.3 is 0 Å². The number of hydrogen-bond donors (Lipinski definition) is 1. The summed E-state index contributed by atoms with van der Waals surface area (Å²) in [7, 11) is 1.97. The predicted molar refractivity (Wildman–Crippen MR) is 85.7 cm³/mol. The van der Waals surface area contributed by atoms with Gasteiger partial charge in [0.2, 0.25) is 0 Å². The predicted octanol–water partition coefficient (Wildman–Crippen LogP) is 3.57. The van der Waals surface area contributed by atoms with Gasteiger partial charge in [0.1, 0.15) is 0 Å². The van der Waals surface area contributed by atoms with E-state index in [0.29, 0.717) is 0 Å². The Morgan fingerprint density at radius 2 is 2.10 bits per heavy atom. The number of para-hydroxylation sites is 1. The van der Waals surface area contributed by atoms with Crippen LogP contribution in [0.5, 0.6) is 0 Å². The molecule has 0 saturated carbocycles. The average molecular weight is 330 g/mol. The minimum atomic E-state index is 0.789. The minimum Gasteiger partial charge on any atom is -0.341 e. The maximum atomic E-state index is 4.45. The first-order valence-electron chi connectivity index (χ1n) is 6.59. The van der Waals surface area contributed by atoms with Crippen molar-refractivity contribution < 1.29 is 0 Å². The summed E-state index contributed by atoms with van der Waals surface area (Å²) in [6, 6.07) is 12.7. The van der Waals surface area contributed by atoms with Gasteiger partial charge < -0.3 is 9.88 Å². The van der Waals surface area contributed by atoms with Gasteiger partial charge in [0.15, 0.2) is 0 Å². The Balaban J connectivity index is 2.00. The van der Waals surface area contributed by atoms with Crippen LogP contribution in [0.3, 0.4) is 0 Å². The molecule has 0 unspecified atom stereocenters. The molecule has 1 N–H and O–H groups in total. The van der Waals surface area contributed by atoms with Crippen molar-refractivity contribution in [2.75, 3.05) is 7.05 Å². The molecule has 4 heteroatoms. The molecule has 0 bridgehead atoms. The van der Waals surface area contributed by atoms with E-state index < -0.39 is 0 Å². The number of rotatable bonds is 4. The molecule has 0 radical (unpaired) electrons. The maximum Gasteiger partial charge on any atom is 0.0648 e. The zero-order valence-electron chi connectivity index (χ0n) is 11.3. The van der Waals surface area contributed by atoms with Crippen LogP contribution >= 0.6 is 15.9 Å². The lowest BCUT2D eigenvalue weighted by molar-refractivity contribution is 0.783. The third kappa shape index (κ3) is 2.62. The van der Waals surface area contributed by atoms with E-state index in [4.69, 9.17) is 0 Å². The van der Waals surface area contributed by atoms with Crippen molar-refractivity contribution in [2.24, 2.45) is 0 Å². The zero-order chi connectivity index (χ0) is 13.9. The molecule has 0 atom stereocenters. The summed E-state index contributed by atoms with van der Waals surface area (Å²) in [5, 5.41) is 4.50. The fraction of sp³-hybridized carbons (Fsp3) is 0.188. The van der Waals surface area contributed by atoms with Gasteiger partial charge in [-0.3, -0.25) is 4.98 Å². The van der Waals surface area contributed by atoms with E-state index in [-0.39, 0.29) is 0 Å². The van der Waals surface area contributed by atoms with Gasteiger partial charge in [-0.15, -0.1) is 0 Å². The van der Waals surface area contributed by atoms with Crippen LogP contribution in [0, 0.1) is 0 Å². The van der Waals surface area contributed by atoms with Crippen LogP contribution < -0.4 is 5.32 Å². The van der Waals surface area contributed by atoms with Crippen LogP contribution in [0.15, 0.2) is 53.3 Å². The Morgan fingerprint density at radius 1 is 1.20 bits per heavy atom. The summed E-state index contributed by atoms with van der Waals surface area (Å²) >= 11 is 3.42. The smallest absolute Gasteiger partial charge is 0.0648 e. The molecule has 0 spiro atoms. The maximum absolute atomic E-state index is 4.45. The highest BCUT2D eigenvalue weighted by molar-refractivity contribution is 9.10. The number of hydrogen-bond acceptors (Lipinski definition) is 2. The molecule has 0 saturated heterocycles. The molecule has 102 valence electrons. The van der Waals surface area contributed by atoms with Crippen molar-refractivity contribution in [2.45, 2.75) is 13.1 Å². The molecule has 1 aromatic carbocycles. The molecular formula is C16H16BrN3. The monoisotopic (exact) mass is 329 g/mol. The largest absolute Gasteiger partial charge is 0.341 e. The van der Waals surface area contributed by atoms with Crippen molar-refractivity contribution in [3.63, 3.8) is 0 Å². The average Bonchev–Trinajstić information content (AvgIpc) is 2.86. The number of pyridine rings is 1. The lowest BCUT2D eigenvalue weighted by atomic mass is 10.1. The van der Waals surface area contributed by atoms with Gasteiger partial charge in [-0.2, -0.15) is 0 Å². The van der Waals surface area contributed by atoms with Crippen LogP contribution in [0.2, 0.25) is 0 Å². The molecule has 20 heavy (non-hydrogen) atoms. The van der Waals surface area contributed by atoms with Gasteiger partial charge in [-0.25, -0.2) is 0 Å². The van der Waals surface area contributed by atoms with E-state index in [1.807, 2.05) is 19.3 Å². The van der Waals surface area contributed by atoms with Crippen LogP contribution in [0.4, 0.5) is 0 Å². The molecule has 0 amide bonds. The molecule has 2 aromatic heterocycles. The van der Waals surface area contributed by atoms with E-state index in [2.05, 4.69) is 67.3 Å². The summed E-state index contributed by atoms with van der Waals surface area (Å²) in [4.78, 5) is 4.45. The Hall–Kier alpha value is -1.65. The Labute approximate surface area is 126 Å². The number of nitrogens with one attached hydrogen (secondary N) is 1. The Kier molecular flexibility index (Phi) is 3.85. The van der Waals surface area contributed by atoms with E-state index in [1.54, 1.807) is 0 Å². The summed E-state index contributed by atoms with van der Waals surface area (Å²) in [5.41, 5.74) is 3.66. The summed E-state index contributed by atoms with van der Waals surface area (Å²) < 4.78 is 3.27. The summed E-state index contributed by atoms with van der Waals surface area (Å²) in [6.07, 6.45) is 3.98. The fourth-order valence-electron chi connectivity index (χ4n) is 2.48. The first-order valence-corrected chi connectivity index (χ1v) is 7.39. The number of benzene rings is 1. The van der Waals surface area contributed by atoms with E-state index in [1.165, 1.54) is 16.5 Å². The van der Waals surface area contributed by atoms with E-state index in [9.17, 15) is 0 Å². The van der Waals surface area contributed by atoms with Crippen molar-refractivity contribution in [3.8, 4) is 0 Å². The lowest BCUT2D eigenvalue weighted by Gasteiger charge is -2.09. The number of fused-ring (bicyclic) bond motifs is 1. The molecule has 0 aliphatic rings. The highest BCUT2D eigenvalue weighted by atomic mass is 79.9. The normalized spacial score (nSPS) is 11.1. The van der Waals surface area contributed by atoms with Gasteiger partial charge in [0.05, 0.1) is 17.8 Å². The van der Waals surface area contributed by atoms with Crippen molar-refractivity contribution in [3.05, 3.63) is 64.5 Å². The molecule has 3 nitrogen and oxygen atoms in total. The lowest BCUT2D eigenvalue weighted by Crippen LogP contribution is -2.08. The molecule has 3 rings (SSSR count). The molecular weight excluding hydrogens is 314 g/mol. The second kappa shape index (κ2) is 5.77. The molecule has 2 heterocycles. The number of aromatic nitrogens is 2. The molecule has 0 fully saturated rings.